The van der Waals surface area contributed by atoms with Crippen molar-refractivity contribution in [1.29, 1.82) is 0 Å². The van der Waals surface area contributed by atoms with Crippen molar-refractivity contribution in [3.63, 3.8) is 0 Å². The average Bonchev–Trinajstić information content (AvgIpc) is 2.83. The topological polar surface area (TPSA) is 66.5 Å². The van der Waals surface area contributed by atoms with Crippen molar-refractivity contribution in [2.75, 3.05) is 31.6 Å². The van der Waals surface area contributed by atoms with Crippen LogP contribution < -0.4 is 5.32 Å². The van der Waals surface area contributed by atoms with Gasteiger partial charge in [-0.25, -0.2) is 8.42 Å². The molecular weight excluding hydrogens is 296 g/mol. The minimum Gasteiger partial charge on any atom is -0.337 e. The van der Waals surface area contributed by atoms with E-state index in [4.69, 9.17) is 0 Å². The molecule has 2 heterocycles. The standard InChI is InChI=1S/C13H20N2O3S2/c1-20(17,18)8-2-5-14-9-13(16)15-6-3-12-11(10-15)4-7-19-12/h4,7,14H,2-3,5-6,8-10H2,1H3. The fourth-order valence-electron chi connectivity index (χ4n) is 2.23. The van der Waals surface area contributed by atoms with E-state index in [0.717, 1.165) is 13.0 Å². The van der Waals surface area contributed by atoms with E-state index < -0.39 is 9.84 Å². The van der Waals surface area contributed by atoms with Crippen molar-refractivity contribution in [2.45, 2.75) is 19.4 Å². The lowest BCUT2D eigenvalue weighted by molar-refractivity contribution is -0.131. The van der Waals surface area contributed by atoms with Crippen LogP contribution in [0.5, 0.6) is 0 Å². The van der Waals surface area contributed by atoms with E-state index in [9.17, 15) is 13.2 Å². The van der Waals surface area contributed by atoms with Crippen molar-refractivity contribution >= 4 is 27.1 Å². The van der Waals surface area contributed by atoms with Gasteiger partial charge in [0, 0.05) is 24.2 Å². The lowest BCUT2D eigenvalue weighted by Crippen LogP contribution is -2.41. The third-order valence-electron chi connectivity index (χ3n) is 3.31. The van der Waals surface area contributed by atoms with E-state index >= 15 is 0 Å². The largest absolute Gasteiger partial charge is 0.337 e. The Morgan fingerprint density at radius 2 is 2.30 bits per heavy atom. The first kappa shape index (κ1) is 15.5. The first-order valence-corrected chi connectivity index (χ1v) is 9.61. The van der Waals surface area contributed by atoms with Gasteiger partial charge < -0.3 is 10.2 Å². The van der Waals surface area contributed by atoms with Gasteiger partial charge in [0.25, 0.3) is 0 Å². The van der Waals surface area contributed by atoms with Gasteiger partial charge in [0.1, 0.15) is 9.84 Å². The highest BCUT2D eigenvalue weighted by Crippen LogP contribution is 2.23. The second-order valence-corrected chi connectivity index (χ2v) is 8.35. The zero-order valence-corrected chi connectivity index (χ0v) is 13.2. The van der Waals surface area contributed by atoms with Gasteiger partial charge >= 0.3 is 0 Å². The highest BCUT2D eigenvalue weighted by Gasteiger charge is 2.20. The molecule has 5 nitrogen and oxygen atoms in total. The second kappa shape index (κ2) is 6.69. The first-order chi connectivity index (χ1) is 9.46. The molecule has 0 saturated carbocycles. The molecular formula is C13H20N2O3S2. The number of nitrogens with zero attached hydrogens (tertiary/aromatic N) is 1. The number of amides is 1. The predicted molar refractivity (Wildman–Crippen MR) is 80.6 cm³/mol. The molecule has 0 aliphatic carbocycles. The van der Waals surface area contributed by atoms with Gasteiger partial charge in [-0.3, -0.25) is 4.79 Å². The van der Waals surface area contributed by atoms with Crippen molar-refractivity contribution in [1.82, 2.24) is 10.2 Å². The number of carbonyl (C=O) groups is 1. The Balaban J connectivity index is 1.69. The van der Waals surface area contributed by atoms with Gasteiger partial charge in [0.2, 0.25) is 5.91 Å². The number of fused-ring (bicyclic) bond motifs is 1. The maximum atomic E-state index is 12.0. The lowest BCUT2D eigenvalue weighted by Gasteiger charge is -2.27. The van der Waals surface area contributed by atoms with E-state index in [1.165, 1.54) is 16.7 Å². The fraction of sp³-hybridized carbons (Fsp3) is 0.615. The first-order valence-electron chi connectivity index (χ1n) is 6.67. The summed E-state index contributed by atoms with van der Waals surface area (Å²) < 4.78 is 21.9. The van der Waals surface area contributed by atoms with Crippen LogP contribution in [0, 0.1) is 0 Å². The normalized spacial score (nSPS) is 15.2. The lowest BCUT2D eigenvalue weighted by atomic mass is 10.1. The number of carbonyl (C=O) groups excluding carboxylic acids is 1. The summed E-state index contributed by atoms with van der Waals surface area (Å²) in [5.74, 6) is 0.247. The summed E-state index contributed by atoms with van der Waals surface area (Å²) in [6, 6.07) is 2.08. The highest BCUT2D eigenvalue weighted by molar-refractivity contribution is 7.90. The number of rotatable bonds is 6. The molecule has 0 radical (unpaired) electrons. The molecule has 112 valence electrons. The Morgan fingerprint density at radius 1 is 1.50 bits per heavy atom. The molecule has 0 bridgehead atoms. The monoisotopic (exact) mass is 316 g/mol. The molecule has 20 heavy (non-hydrogen) atoms. The molecule has 0 unspecified atom stereocenters. The summed E-state index contributed by atoms with van der Waals surface area (Å²) in [6.45, 7) is 2.31. The maximum absolute atomic E-state index is 12.0. The maximum Gasteiger partial charge on any atom is 0.236 e. The quantitative estimate of drug-likeness (QED) is 0.783. The molecule has 7 heteroatoms. The molecule has 1 aliphatic heterocycles. The smallest absolute Gasteiger partial charge is 0.236 e. The molecule has 0 atom stereocenters. The minimum absolute atomic E-state index is 0.0844. The molecule has 1 N–H and O–H groups in total. The van der Waals surface area contributed by atoms with Crippen LogP contribution in [0.3, 0.4) is 0 Å². The van der Waals surface area contributed by atoms with E-state index in [-0.39, 0.29) is 18.2 Å². The molecule has 0 aromatic carbocycles. The van der Waals surface area contributed by atoms with E-state index in [1.807, 2.05) is 4.90 Å². The molecule has 0 fully saturated rings. The summed E-state index contributed by atoms with van der Waals surface area (Å²) >= 11 is 1.76. The van der Waals surface area contributed by atoms with Crippen LogP contribution in [0.15, 0.2) is 11.4 Å². The van der Waals surface area contributed by atoms with E-state index in [1.54, 1.807) is 11.3 Å². The fourth-order valence-corrected chi connectivity index (χ4v) is 3.79. The Morgan fingerprint density at radius 3 is 3.05 bits per heavy atom. The second-order valence-electron chi connectivity index (χ2n) is 5.09. The minimum atomic E-state index is -2.91. The number of hydrogen-bond acceptors (Lipinski definition) is 5. The predicted octanol–water partition coefficient (Wildman–Crippen LogP) is 0.657. The van der Waals surface area contributed by atoms with E-state index in [2.05, 4.69) is 16.8 Å². The zero-order chi connectivity index (χ0) is 14.6. The van der Waals surface area contributed by atoms with Crippen LogP contribution in [0.1, 0.15) is 16.9 Å². The molecule has 0 saturated heterocycles. The van der Waals surface area contributed by atoms with Crippen molar-refractivity contribution in [3.05, 3.63) is 21.9 Å². The van der Waals surface area contributed by atoms with Gasteiger partial charge in [0.05, 0.1) is 12.3 Å². The SMILES string of the molecule is CS(=O)(=O)CCCNCC(=O)N1CCc2sccc2C1. The molecule has 1 amide bonds. The molecule has 1 aromatic rings. The molecule has 1 aromatic heterocycles. The number of hydrogen-bond donors (Lipinski definition) is 1. The van der Waals surface area contributed by atoms with E-state index in [0.29, 0.717) is 19.5 Å². The summed E-state index contributed by atoms with van der Waals surface area (Å²) in [5.41, 5.74) is 1.26. The van der Waals surface area contributed by atoms with Gasteiger partial charge in [-0.2, -0.15) is 0 Å². The number of sulfone groups is 1. The van der Waals surface area contributed by atoms with Crippen LogP contribution in [0.4, 0.5) is 0 Å². The van der Waals surface area contributed by atoms with Gasteiger partial charge in [0.15, 0.2) is 0 Å². The third kappa shape index (κ3) is 4.57. The summed E-state index contributed by atoms with van der Waals surface area (Å²) in [6.07, 6.45) is 2.71. The summed E-state index contributed by atoms with van der Waals surface area (Å²) in [4.78, 5) is 15.3. The third-order valence-corrected chi connectivity index (χ3v) is 5.36. The van der Waals surface area contributed by atoms with Gasteiger partial charge in [-0.05, 0) is 36.4 Å². The molecule has 0 spiro atoms. The van der Waals surface area contributed by atoms with Crippen molar-refractivity contribution < 1.29 is 13.2 Å². The summed E-state index contributed by atoms with van der Waals surface area (Å²) in [7, 11) is -2.91. The Kier molecular flexibility index (Phi) is 5.17. The molecule has 1 aliphatic rings. The van der Waals surface area contributed by atoms with Crippen molar-refractivity contribution in [2.24, 2.45) is 0 Å². The Hall–Kier alpha value is -0.920. The highest BCUT2D eigenvalue weighted by atomic mass is 32.2. The van der Waals surface area contributed by atoms with Crippen LogP contribution in [-0.4, -0.2) is 50.9 Å². The van der Waals surface area contributed by atoms with Crippen LogP contribution in [0.25, 0.3) is 0 Å². The van der Waals surface area contributed by atoms with Crippen LogP contribution >= 0.6 is 11.3 Å². The van der Waals surface area contributed by atoms with Crippen LogP contribution in [-0.2, 0) is 27.6 Å². The van der Waals surface area contributed by atoms with Crippen molar-refractivity contribution in [3.8, 4) is 0 Å². The number of nitrogens with one attached hydrogen (secondary N) is 1. The zero-order valence-electron chi connectivity index (χ0n) is 11.6. The van der Waals surface area contributed by atoms with Crippen LogP contribution in [0.2, 0.25) is 0 Å². The average molecular weight is 316 g/mol. The Bertz CT molecular complexity index is 566. The van der Waals surface area contributed by atoms with Gasteiger partial charge in [-0.15, -0.1) is 11.3 Å². The Labute approximate surface area is 123 Å². The van der Waals surface area contributed by atoms with Gasteiger partial charge in [-0.1, -0.05) is 0 Å². The number of thiophene rings is 1. The molecule has 2 rings (SSSR count). The summed E-state index contributed by atoms with van der Waals surface area (Å²) in [5, 5.41) is 5.09.